The molecule has 4 aromatic rings. The van der Waals surface area contributed by atoms with Crippen LogP contribution in [-0.2, 0) is 23.9 Å². The molecule has 0 unspecified atom stereocenters. The summed E-state index contributed by atoms with van der Waals surface area (Å²) in [5.41, 5.74) is 0.937. The molecule has 4 aromatic heterocycles. The summed E-state index contributed by atoms with van der Waals surface area (Å²) in [5.74, 6) is 0.425. The zero-order valence-electron chi connectivity index (χ0n) is 16.0. The second-order valence-corrected chi connectivity index (χ2v) is 6.68. The van der Waals surface area contributed by atoms with Gasteiger partial charge in [-0.25, -0.2) is 15.0 Å². The lowest BCUT2D eigenvalue weighted by Crippen LogP contribution is -2.12. The third-order valence-corrected chi connectivity index (χ3v) is 4.37. The molecule has 156 valence electrons. The number of pyridine rings is 2. The second kappa shape index (κ2) is 8.42. The molecule has 0 N–H and O–H groups in total. The van der Waals surface area contributed by atoms with Gasteiger partial charge in [-0.3, -0.25) is 14.8 Å². The van der Waals surface area contributed by atoms with Crippen LogP contribution in [0, 0.1) is 0 Å². The number of Topliss-reactive ketones (excluding diaryl/α,β-unsaturated/α-hetero) is 1. The Hall–Kier alpha value is -3.95. The molecule has 4 rings (SSSR count). The van der Waals surface area contributed by atoms with Gasteiger partial charge in [-0.15, -0.1) is 0 Å². The Labute approximate surface area is 174 Å². The van der Waals surface area contributed by atoms with Crippen molar-refractivity contribution in [3.8, 4) is 22.6 Å². The summed E-state index contributed by atoms with van der Waals surface area (Å²) < 4.78 is 40.1. The maximum absolute atomic E-state index is 12.8. The molecular formula is C21H15F3N6O. The number of hydrogen-bond acceptors (Lipinski definition) is 6. The van der Waals surface area contributed by atoms with Crippen molar-refractivity contribution in [3.63, 3.8) is 0 Å². The van der Waals surface area contributed by atoms with E-state index in [0.717, 1.165) is 17.8 Å². The zero-order chi connectivity index (χ0) is 21.8. The van der Waals surface area contributed by atoms with Crippen molar-refractivity contribution >= 4 is 5.78 Å². The molecule has 31 heavy (non-hydrogen) atoms. The Morgan fingerprint density at radius 3 is 2.45 bits per heavy atom. The van der Waals surface area contributed by atoms with E-state index in [1.165, 1.54) is 23.2 Å². The van der Waals surface area contributed by atoms with E-state index in [4.69, 9.17) is 0 Å². The number of carbonyl (C=O) groups is 1. The summed E-state index contributed by atoms with van der Waals surface area (Å²) in [4.78, 5) is 32.4. The minimum Gasteiger partial charge on any atom is -0.329 e. The summed E-state index contributed by atoms with van der Waals surface area (Å²) in [6.07, 6.45) is 4.46. The first kappa shape index (κ1) is 20.3. The second-order valence-electron chi connectivity index (χ2n) is 6.68. The van der Waals surface area contributed by atoms with Gasteiger partial charge >= 0.3 is 6.18 Å². The number of carbonyl (C=O) groups excluding carboxylic acids is 1. The van der Waals surface area contributed by atoms with Gasteiger partial charge in [-0.1, -0.05) is 0 Å². The molecule has 10 heteroatoms. The number of rotatable bonds is 6. The molecule has 0 saturated heterocycles. The predicted molar refractivity (Wildman–Crippen MR) is 104 cm³/mol. The third kappa shape index (κ3) is 4.97. The highest BCUT2D eigenvalue weighted by atomic mass is 19.4. The lowest BCUT2D eigenvalue weighted by atomic mass is 10.1. The SMILES string of the molecule is O=C(Cc1ccc(-c2ncccn2)cn1)Cn1cnc(-c2ccnc(C(F)(F)F)c2)c1. The Morgan fingerprint density at radius 1 is 0.935 bits per heavy atom. The average molecular weight is 424 g/mol. The van der Waals surface area contributed by atoms with Gasteiger partial charge in [-0.2, -0.15) is 13.2 Å². The van der Waals surface area contributed by atoms with Crippen molar-refractivity contribution in [2.45, 2.75) is 19.1 Å². The van der Waals surface area contributed by atoms with E-state index >= 15 is 0 Å². The summed E-state index contributed by atoms with van der Waals surface area (Å²) >= 11 is 0. The fourth-order valence-corrected chi connectivity index (χ4v) is 2.91. The predicted octanol–water partition coefficient (Wildman–Crippen LogP) is 3.63. The number of alkyl halides is 3. The molecule has 0 radical (unpaired) electrons. The Morgan fingerprint density at radius 2 is 1.74 bits per heavy atom. The standard InChI is InChI=1S/C21H15F3N6O/c22-21(23,24)19-8-14(4-7-25-19)18-12-30(13-29-18)11-17(31)9-16-3-2-15(10-28-16)20-26-5-1-6-27-20/h1-8,10,12-13H,9,11H2. The molecule has 0 fully saturated rings. The van der Waals surface area contributed by atoms with Crippen LogP contribution in [0.3, 0.4) is 0 Å². The Bertz CT molecular complexity index is 1190. The molecule has 0 spiro atoms. The van der Waals surface area contributed by atoms with Crippen LogP contribution in [0.5, 0.6) is 0 Å². The van der Waals surface area contributed by atoms with Crippen molar-refractivity contribution in [1.82, 2.24) is 29.5 Å². The smallest absolute Gasteiger partial charge is 0.329 e. The van der Waals surface area contributed by atoms with Crippen molar-refractivity contribution in [2.75, 3.05) is 0 Å². The van der Waals surface area contributed by atoms with Crippen LogP contribution in [0.15, 0.2) is 67.6 Å². The third-order valence-electron chi connectivity index (χ3n) is 4.37. The van der Waals surface area contributed by atoms with E-state index in [2.05, 4.69) is 24.9 Å². The number of halogens is 3. The molecular weight excluding hydrogens is 409 g/mol. The van der Waals surface area contributed by atoms with Gasteiger partial charge in [0.2, 0.25) is 0 Å². The van der Waals surface area contributed by atoms with Crippen molar-refractivity contribution < 1.29 is 18.0 Å². The first-order valence-corrected chi connectivity index (χ1v) is 9.18. The maximum atomic E-state index is 12.8. The number of hydrogen-bond donors (Lipinski definition) is 0. The lowest BCUT2D eigenvalue weighted by Gasteiger charge is -2.06. The fourth-order valence-electron chi connectivity index (χ4n) is 2.91. The lowest BCUT2D eigenvalue weighted by molar-refractivity contribution is -0.141. The van der Waals surface area contributed by atoms with E-state index in [0.29, 0.717) is 17.2 Å². The summed E-state index contributed by atoms with van der Waals surface area (Å²) in [6.45, 7) is 0.0233. The van der Waals surface area contributed by atoms with Crippen LogP contribution in [0.2, 0.25) is 0 Å². The zero-order valence-corrected chi connectivity index (χ0v) is 16.0. The van der Waals surface area contributed by atoms with Crippen LogP contribution >= 0.6 is 0 Å². The average Bonchev–Trinajstić information content (AvgIpc) is 3.23. The Kier molecular flexibility index (Phi) is 5.52. The van der Waals surface area contributed by atoms with Gasteiger partial charge in [0.25, 0.3) is 0 Å². The first-order valence-electron chi connectivity index (χ1n) is 9.18. The molecule has 7 nitrogen and oxygen atoms in total. The first-order chi connectivity index (χ1) is 14.9. The van der Waals surface area contributed by atoms with Crippen LogP contribution in [0.4, 0.5) is 13.2 Å². The molecule has 0 saturated carbocycles. The minimum absolute atomic E-state index is 0.0233. The van der Waals surface area contributed by atoms with Crippen molar-refractivity contribution in [3.05, 3.63) is 79.0 Å². The highest BCUT2D eigenvalue weighted by molar-refractivity contribution is 5.80. The van der Waals surface area contributed by atoms with E-state index in [9.17, 15) is 18.0 Å². The number of nitrogens with zero attached hydrogens (tertiary/aromatic N) is 6. The molecule has 4 heterocycles. The normalized spacial score (nSPS) is 11.5. The van der Waals surface area contributed by atoms with Crippen molar-refractivity contribution in [2.24, 2.45) is 0 Å². The molecule has 0 aliphatic carbocycles. The monoisotopic (exact) mass is 424 g/mol. The highest BCUT2D eigenvalue weighted by Crippen LogP contribution is 2.30. The largest absolute Gasteiger partial charge is 0.433 e. The van der Waals surface area contributed by atoms with Gasteiger partial charge in [0.15, 0.2) is 11.6 Å². The number of imidazole rings is 1. The molecule has 0 atom stereocenters. The van der Waals surface area contributed by atoms with Crippen LogP contribution in [-0.4, -0.2) is 35.3 Å². The van der Waals surface area contributed by atoms with Gasteiger partial charge in [0, 0.05) is 47.8 Å². The molecule has 0 aliphatic heterocycles. The number of aromatic nitrogens is 6. The van der Waals surface area contributed by atoms with E-state index in [-0.39, 0.29) is 24.3 Å². The summed E-state index contributed by atoms with van der Waals surface area (Å²) in [7, 11) is 0. The molecule has 0 aliphatic rings. The number of ketones is 1. The molecule has 0 bridgehead atoms. The van der Waals surface area contributed by atoms with E-state index in [1.54, 1.807) is 36.8 Å². The van der Waals surface area contributed by atoms with Gasteiger partial charge in [-0.05, 0) is 30.3 Å². The Balaban J connectivity index is 1.40. The van der Waals surface area contributed by atoms with E-state index in [1.807, 2.05) is 0 Å². The van der Waals surface area contributed by atoms with Crippen LogP contribution < -0.4 is 0 Å². The quantitative estimate of drug-likeness (QED) is 0.470. The van der Waals surface area contributed by atoms with Gasteiger partial charge < -0.3 is 4.57 Å². The topological polar surface area (TPSA) is 86.5 Å². The minimum atomic E-state index is -4.54. The summed E-state index contributed by atoms with van der Waals surface area (Å²) in [5, 5.41) is 0. The fraction of sp³-hybridized carbons (Fsp3) is 0.143. The van der Waals surface area contributed by atoms with Crippen LogP contribution in [0.1, 0.15) is 11.4 Å². The summed E-state index contributed by atoms with van der Waals surface area (Å²) in [6, 6.07) is 7.61. The van der Waals surface area contributed by atoms with Crippen molar-refractivity contribution in [1.29, 1.82) is 0 Å². The van der Waals surface area contributed by atoms with Gasteiger partial charge in [0.05, 0.1) is 25.0 Å². The van der Waals surface area contributed by atoms with Gasteiger partial charge in [0.1, 0.15) is 5.69 Å². The van der Waals surface area contributed by atoms with E-state index < -0.39 is 11.9 Å². The highest BCUT2D eigenvalue weighted by Gasteiger charge is 2.32. The molecule has 0 amide bonds. The molecule has 0 aromatic carbocycles. The maximum Gasteiger partial charge on any atom is 0.433 e. The van der Waals surface area contributed by atoms with Crippen LogP contribution in [0.25, 0.3) is 22.6 Å².